The summed E-state index contributed by atoms with van der Waals surface area (Å²) in [5, 5.41) is 4.69. The largest absolute Gasteiger partial charge is 0.462 e. The molecule has 0 aliphatic rings. The molecule has 0 saturated carbocycles. The average molecular weight is 310 g/mol. The van der Waals surface area contributed by atoms with Gasteiger partial charge in [0.25, 0.3) is 0 Å². The average Bonchev–Trinajstić information content (AvgIpc) is 2.57. The number of halogens is 1. The Labute approximate surface area is 132 Å². The molecule has 0 bridgehead atoms. The van der Waals surface area contributed by atoms with Gasteiger partial charge in [-0.05, 0) is 31.2 Å². The van der Waals surface area contributed by atoms with Crippen molar-refractivity contribution in [2.45, 2.75) is 6.92 Å². The van der Waals surface area contributed by atoms with Crippen molar-refractivity contribution in [3.63, 3.8) is 0 Å². The van der Waals surface area contributed by atoms with Gasteiger partial charge in [0.1, 0.15) is 11.6 Å². The van der Waals surface area contributed by atoms with E-state index in [1.54, 1.807) is 19.1 Å². The lowest BCUT2D eigenvalue weighted by molar-refractivity contribution is 0.0528. The smallest absolute Gasteiger partial charge is 0.340 e. The Morgan fingerprint density at radius 2 is 1.83 bits per heavy atom. The number of nitrogens with one attached hydrogen (secondary N) is 1. The number of aromatic nitrogens is 1. The Morgan fingerprint density at radius 3 is 2.52 bits per heavy atom. The van der Waals surface area contributed by atoms with Gasteiger partial charge in [-0.2, -0.15) is 0 Å². The fourth-order valence-electron chi connectivity index (χ4n) is 2.33. The van der Waals surface area contributed by atoms with Crippen molar-refractivity contribution in [1.82, 2.24) is 4.98 Å². The molecular weight excluding hydrogens is 295 g/mol. The minimum absolute atomic E-state index is 0.300. The second-order valence-electron chi connectivity index (χ2n) is 4.92. The Balaban J connectivity index is 2.04. The van der Waals surface area contributed by atoms with Crippen LogP contribution in [-0.4, -0.2) is 17.6 Å². The normalized spacial score (nSPS) is 10.5. The highest BCUT2D eigenvalue weighted by molar-refractivity contribution is 6.07. The molecule has 0 unspecified atom stereocenters. The van der Waals surface area contributed by atoms with E-state index in [0.29, 0.717) is 23.7 Å². The van der Waals surface area contributed by atoms with Crippen LogP contribution in [-0.2, 0) is 4.74 Å². The van der Waals surface area contributed by atoms with Gasteiger partial charge >= 0.3 is 5.97 Å². The van der Waals surface area contributed by atoms with Gasteiger partial charge in [-0.25, -0.2) is 14.2 Å². The zero-order valence-corrected chi connectivity index (χ0v) is 12.5. The van der Waals surface area contributed by atoms with Crippen molar-refractivity contribution in [2.75, 3.05) is 11.9 Å². The first-order chi connectivity index (χ1) is 11.2. The number of hydrogen-bond donors (Lipinski definition) is 1. The number of anilines is 2. The second kappa shape index (κ2) is 6.44. The van der Waals surface area contributed by atoms with E-state index in [0.717, 1.165) is 10.8 Å². The minimum Gasteiger partial charge on any atom is -0.462 e. The fraction of sp³-hybridized carbons (Fsp3) is 0.111. The summed E-state index contributed by atoms with van der Waals surface area (Å²) in [5.41, 5.74) is 1.14. The third-order valence-electron chi connectivity index (χ3n) is 3.40. The summed E-state index contributed by atoms with van der Waals surface area (Å²) < 4.78 is 18.1. The van der Waals surface area contributed by atoms with Gasteiger partial charge in [-0.3, -0.25) is 0 Å². The summed E-state index contributed by atoms with van der Waals surface area (Å²) >= 11 is 0. The lowest BCUT2D eigenvalue weighted by atomic mass is 10.1. The molecule has 2 aromatic carbocycles. The zero-order valence-electron chi connectivity index (χ0n) is 12.5. The standard InChI is InChI=1S/C18H15FN2O2/c1-2-23-18(22)16-11-20-17(15-6-4-3-5-14(15)16)21-13-9-7-12(19)8-10-13/h3-11H,2H2,1H3,(H,20,21). The molecule has 4 nitrogen and oxygen atoms in total. The van der Waals surface area contributed by atoms with Crippen LogP contribution in [0.5, 0.6) is 0 Å². The summed E-state index contributed by atoms with van der Waals surface area (Å²) in [6.45, 7) is 2.07. The molecule has 0 aliphatic carbocycles. The Morgan fingerprint density at radius 1 is 1.13 bits per heavy atom. The third kappa shape index (κ3) is 3.13. The maximum atomic E-state index is 13.0. The van der Waals surface area contributed by atoms with Crippen molar-refractivity contribution >= 4 is 28.2 Å². The summed E-state index contributed by atoms with van der Waals surface area (Å²) in [6, 6.07) is 13.4. The molecule has 0 aliphatic heterocycles. The molecule has 3 rings (SSSR count). The van der Waals surface area contributed by atoms with Crippen LogP contribution in [0.1, 0.15) is 17.3 Å². The molecule has 0 saturated heterocycles. The molecule has 5 heteroatoms. The van der Waals surface area contributed by atoms with Gasteiger partial charge in [0.15, 0.2) is 0 Å². The molecule has 1 N–H and O–H groups in total. The van der Waals surface area contributed by atoms with Crippen molar-refractivity contribution < 1.29 is 13.9 Å². The number of carbonyl (C=O) groups excluding carboxylic acids is 1. The molecule has 0 spiro atoms. The molecule has 3 aromatic rings. The van der Waals surface area contributed by atoms with E-state index in [4.69, 9.17) is 4.74 Å². The molecule has 0 radical (unpaired) electrons. The van der Waals surface area contributed by atoms with Gasteiger partial charge < -0.3 is 10.1 Å². The molecule has 1 heterocycles. The molecule has 0 fully saturated rings. The SMILES string of the molecule is CCOC(=O)c1cnc(Nc2ccc(F)cc2)c2ccccc12. The molecular formula is C18H15FN2O2. The first-order valence-electron chi connectivity index (χ1n) is 7.26. The van der Waals surface area contributed by atoms with E-state index >= 15 is 0 Å². The quantitative estimate of drug-likeness (QED) is 0.730. The van der Waals surface area contributed by atoms with Crippen molar-refractivity contribution in [2.24, 2.45) is 0 Å². The lowest BCUT2D eigenvalue weighted by Gasteiger charge is -2.11. The highest BCUT2D eigenvalue weighted by Gasteiger charge is 2.14. The third-order valence-corrected chi connectivity index (χ3v) is 3.40. The molecule has 0 atom stereocenters. The van der Waals surface area contributed by atoms with E-state index in [9.17, 15) is 9.18 Å². The fourth-order valence-corrected chi connectivity index (χ4v) is 2.33. The lowest BCUT2D eigenvalue weighted by Crippen LogP contribution is -2.07. The predicted molar refractivity (Wildman–Crippen MR) is 87.4 cm³/mol. The Kier molecular flexibility index (Phi) is 4.19. The van der Waals surface area contributed by atoms with Crippen LogP contribution in [0.4, 0.5) is 15.9 Å². The summed E-state index contributed by atoms with van der Waals surface area (Å²) in [7, 11) is 0. The van der Waals surface area contributed by atoms with Crippen LogP contribution in [0.15, 0.2) is 54.7 Å². The van der Waals surface area contributed by atoms with Gasteiger partial charge in [-0.1, -0.05) is 24.3 Å². The Hall–Kier alpha value is -2.95. The number of nitrogens with zero attached hydrogens (tertiary/aromatic N) is 1. The van der Waals surface area contributed by atoms with E-state index in [2.05, 4.69) is 10.3 Å². The van der Waals surface area contributed by atoms with Crippen molar-refractivity contribution in [1.29, 1.82) is 0 Å². The molecule has 0 amide bonds. The first kappa shape index (κ1) is 15.0. The van der Waals surface area contributed by atoms with Gasteiger partial charge in [0.2, 0.25) is 0 Å². The monoisotopic (exact) mass is 310 g/mol. The number of carbonyl (C=O) groups is 1. The maximum Gasteiger partial charge on any atom is 0.340 e. The van der Waals surface area contributed by atoms with Crippen LogP contribution in [0, 0.1) is 5.82 Å². The molecule has 1 aromatic heterocycles. The van der Waals surface area contributed by atoms with E-state index in [-0.39, 0.29) is 5.82 Å². The number of benzene rings is 2. The number of ether oxygens (including phenoxy) is 1. The van der Waals surface area contributed by atoms with Gasteiger partial charge in [0, 0.05) is 22.7 Å². The number of esters is 1. The van der Waals surface area contributed by atoms with Crippen LogP contribution in [0.3, 0.4) is 0 Å². The van der Waals surface area contributed by atoms with E-state index in [1.165, 1.54) is 18.3 Å². The first-order valence-corrected chi connectivity index (χ1v) is 7.26. The number of rotatable bonds is 4. The highest BCUT2D eigenvalue weighted by atomic mass is 19.1. The molecule has 23 heavy (non-hydrogen) atoms. The van der Waals surface area contributed by atoms with Crippen LogP contribution < -0.4 is 5.32 Å². The van der Waals surface area contributed by atoms with Crippen LogP contribution >= 0.6 is 0 Å². The van der Waals surface area contributed by atoms with Crippen molar-refractivity contribution in [3.8, 4) is 0 Å². The summed E-state index contributed by atoms with van der Waals surface area (Å²) in [5.74, 6) is -0.101. The number of fused-ring (bicyclic) bond motifs is 1. The minimum atomic E-state index is -0.399. The van der Waals surface area contributed by atoms with Gasteiger partial charge in [-0.15, -0.1) is 0 Å². The maximum absolute atomic E-state index is 13.0. The van der Waals surface area contributed by atoms with E-state index in [1.807, 2.05) is 24.3 Å². The topological polar surface area (TPSA) is 51.2 Å². The van der Waals surface area contributed by atoms with Crippen LogP contribution in [0.25, 0.3) is 10.8 Å². The van der Waals surface area contributed by atoms with E-state index < -0.39 is 5.97 Å². The van der Waals surface area contributed by atoms with Crippen LogP contribution in [0.2, 0.25) is 0 Å². The highest BCUT2D eigenvalue weighted by Crippen LogP contribution is 2.27. The molecule has 116 valence electrons. The summed E-state index contributed by atoms with van der Waals surface area (Å²) in [4.78, 5) is 16.4. The second-order valence-corrected chi connectivity index (χ2v) is 4.92. The van der Waals surface area contributed by atoms with Crippen molar-refractivity contribution in [3.05, 3.63) is 66.1 Å². The van der Waals surface area contributed by atoms with Gasteiger partial charge in [0.05, 0.1) is 12.2 Å². The summed E-state index contributed by atoms with van der Waals surface area (Å²) in [6.07, 6.45) is 1.49. The Bertz CT molecular complexity index is 847. The predicted octanol–water partition coefficient (Wildman–Crippen LogP) is 4.29. The number of pyridine rings is 1. The zero-order chi connectivity index (χ0) is 16.2. The number of hydrogen-bond acceptors (Lipinski definition) is 4.